The van der Waals surface area contributed by atoms with E-state index >= 15 is 0 Å². The molecule has 1 N–H and O–H groups in total. The van der Waals surface area contributed by atoms with Crippen LogP contribution in [-0.2, 0) is 15.1 Å². The maximum absolute atomic E-state index is 12.4. The Balaban J connectivity index is 1.68. The van der Waals surface area contributed by atoms with Crippen molar-refractivity contribution in [3.63, 3.8) is 0 Å². The summed E-state index contributed by atoms with van der Waals surface area (Å²) in [6.45, 7) is 4.44. The molecule has 0 atom stereocenters. The fourth-order valence-electron chi connectivity index (χ4n) is 3.30. The van der Waals surface area contributed by atoms with Crippen LogP contribution in [0.1, 0.15) is 24.0 Å². The van der Waals surface area contributed by atoms with Crippen LogP contribution in [-0.4, -0.2) is 42.2 Å². The van der Waals surface area contributed by atoms with E-state index in [1.165, 1.54) is 0 Å². The van der Waals surface area contributed by atoms with E-state index in [2.05, 4.69) is 0 Å². The second-order valence-electron chi connectivity index (χ2n) is 5.99. The van der Waals surface area contributed by atoms with Gasteiger partial charge in [0, 0.05) is 24.0 Å². The Kier molecular flexibility index (Phi) is 3.95. The van der Waals surface area contributed by atoms with Crippen molar-refractivity contribution in [2.45, 2.75) is 25.4 Å². The van der Waals surface area contributed by atoms with Gasteiger partial charge in [0.05, 0.1) is 18.8 Å². The largest absolute Gasteiger partial charge is 0.385 e. The van der Waals surface area contributed by atoms with Crippen molar-refractivity contribution < 1.29 is 14.6 Å². The molecule has 1 saturated carbocycles. The van der Waals surface area contributed by atoms with E-state index in [1.54, 1.807) is 0 Å². The Bertz CT molecular complexity index is 548. The monoisotopic (exact) mass is 309 g/mol. The second-order valence-corrected chi connectivity index (χ2v) is 6.39. The molecule has 1 aromatic carbocycles. The van der Waals surface area contributed by atoms with E-state index in [0.717, 1.165) is 11.1 Å². The van der Waals surface area contributed by atoms with E-state index in [-0.39, 0.29) is 11.8 Å². The summed E-state index contributed by atoms with van der Waals surface area (Å²) in [7, 11) is 0. The van der Waals surface area contributed by atoms with E-state index < -0.39 is 5.60 Å². The predicted octanol–water partition coefficient (Wildman–Crippen LogP) is 2.10. The first-order valence-corrected chi connectivity index (χ1v) is 7.73. The minimum absolute atomic E-state index is 0.0912. The highest BCUT2D eigenvalue weighted by Crippen LogP contribution is 2.48. The van der Waals surface area contributed by atoms with E-state index in [9.17, 15) is 9.90 Å². The molecule has 1 amide bonds. The summed E-state index contributed by atoms with van der Waals surface area (Å²) in [4.78, 5) is 14.2. The number of carbonyl (C=O) groups excluding carboxylic acids is 1. The van der Waals surface area contributed by atoms with Crippen LogP contribution in [0.5, 0.6) is 0 Å². The normalized spacial score (nSPS) is 29.1. The van der Waals surface area contributed by atoms with Crippen LogP contribution in [0.2, 0.25) is 5.02 Å². The number of rotatable bonds is 2. The van der Waals surface area contributed by atoms with E-state index in [0.29, 0.717) is 44.2 Å². The molecule has 0 aromatic heterocycles. The van der Waals surface area contributed by atoms with Gasteiger partial charge in [0.2, 0.25) is 5.91 Å². The number of halogens is 1. The third kappa shape index (κ3) is 2.68. The number of hydrogen-bond acceptors (Lipinski definition) is 3. The molecule has 3 rings (SSSR count). The number of carbonyl (C=O) groups is 1. The topological polar surface area (TPSA) is 49.8 Å². The maximum Gasteiger partial charge on any atom is 0.226 e. The molecule has 0 spiro atoms. The van der Waals surface area contributed by atoms with Crippen molar-refractivity contribution in [1.82, 2.24) is 4.90 Å². The molecular weight excluding hydrogens is 290 g/mol. The number of benzene rings is 1. The van der Waals surface area contributed by atoms with Crippen LogP contribution in [0.15, 0.2) is 18.2 Å². The van der Waals surface area contributed by atoms with Crippen molar-refractivity contribution in [2.75, 3.05) is 26.3 Å². The summed E-state index contributed by atoms with van der Waals surface area (Å²) in [5.41, 5.74) is 0.835. The fourth-order valence-corrected chi connectivity index (χ4v) is 3.48. The van der Waals surface area contributed by atoms with Crippen LogP contribution in [0.3, 0.4) is 0 Å². The van der Waals surface area contributed by atoms with Crippen LogP contribution in [0.4, 0.5) is 0 Å². The average Bonchev–Trinajstić information content (AvgIpc) is 2.47. The summed E-state index contributed by atoms with van der Waals surface area (Å²) in [6.07, 6.45) is 0.953. The summed E-state index contributed by atoms with van der Waals surface area (Å²) in [6, 6.07) is 5.56. The van der Waals surface area contributed by atoms with Crippen LogP contribution < -0.4 is 0 Å². The summed E-state index contributed by atoms with van der Waals surface area (Å²) in [5.74, 6) is 0.0501. The Hall–Kier alpha value is -1.10. The van der Waals surface area contributed by atoms with Crippen molar-refractivity contribution >= 4 is 17.5 Å². The molecule has 0 bridgehead atoms. The Morgan fingerprint density at radius 1 is 1.38 bits per heavy atom. The lowest BCUT2D eigenvalue weighted by atomic mass is 9.66. The molecular formula is C16H20ClNO3. The van der Waals surface area contributed by atoms with Crippen LogP contribution in [0, 0.1) is 12.8 Å². The Labute approximate surface area is 129 Å². The van der Waals surface area contributed by atoms with E-state index in [4.69, 9.17) is 16.3 Å². The molecule has 1 aliphatic carbocycles. The van der Waals surface area contributed by atoms with Gasteiger partial charge in [-0.15, -0.1) is 0 Å². The quantitative estimate of drug-likeness (QED) is 0.910. The number of morpholine rings is 1. The van der Waals surface area contributed by atoms with Crippen molar-refractivity contribution in [3.8, 4) is 0 Å². The van der Waals surface area contributed by atoms with Crippen molar-refractivity contribution in [2.24, 2.45) is 5.92 Å². The summed E-state index contributed by atoms with van der Waals surface area (Å²) in [5, 5.41) is 11.4. The van der Waals surface area contributed by atoms with Crippen molar-refractivity contribution in [3.05, 3.63) is 34.3 Å². The van der Waals surface area contributed by atoms with Gasteiger partial charge in [0.15, 0.2) is 0 Å². The van der Waals surface area contributed by atoms with Crippen LogP contribution >= 0.6 is 11.6 Å². The zero-order valence-electron chi connectivity index (χ0n) is 12.1. The molecule has 2 aliphatic rings. The smallest absolute Gasteiger partial charge is 0.226 e. The number of amides is 1. The first-order chi connectivity index (χ1) is 10.0. The number of hydrogen-bond donors (Lipinski definition) is 1. The molecule has 2 fully saturated rings. The Morgan fingerprint density at radius 2 is 2.05 bits per heavy atom. The summed E-state index contributed by atoms with van der Waals surface area (Å²) >= 11 is 6.12. The van der Waals surface area contributed by atoms with Gasteiger partial charge in [0.1, 0.15) is 0 Å². The molecule has 1 saturated heterocycles. The minimum atomic E-state index is -0.915. The molecule has 0 unspecified atom stereocenters. The first-order valence-electron chi connectivity index (χ1n) is 7.36. The molecule has 5 heteroatoms. The second kappa shape index (κ2) is 5.59. The first kappa shape index (κ1) is 14.8. The highest BCUT2D eigenvalue weighted by atomic mass is 35.5. The van der Waals surface area contributed by atoms with Crippen molar-refractivity contribution in [1.29, 1.82) is 0 Å². The lowest BCUT2D eigenvalue weighted by molar-refractivity contribution is -0.156. The van der Waals surface area contributed by atoms with Gasteiger partial charge in [-0.05, 0) is 37.0 Å². The molecule has 4 nitrogen and oxygen atoms in total. The predicted molar refractivity (Wildman–Crippen MR) is 80.2 cm³/mol. The number of aliphatic hydroxyl groups is 1. The Morgan fingerprint density at radius 3 is 2.71 bits per heavy atom. The lowest BCUT2D eigenvalue weighted by Crippen LogP contribution is -2.52. The van der Waals surface area contributed by atoms with Gasteiger partial charge in [-0.2, -0.15) is 0 Å². The molecule has 1 aliphatic heterocycles. The van der Waals surface area contributed by atoms with Gasteiger partial charge < -0.3 is 14.7 Å². The fraction of sp³-hybridized carbons (Fsp3) is 0.562. The van der Waals surface area contributed by atoms with Gasteiger partial charge >= 0.3 is 0 Å². The SMILES string of the molecule is Cc1c(Cl)cccc1C1(O)CC(C(=O)N2CCOCC2)C1. The highest BCUT2D eigenvalue weighted by Gasteiger charge is 2.49. The maximum atomic E-state index is 12.4. The van der Waals surface area contributed by atoms with Crippen LogP contribution in [0.25, 0.3) is 0 Å². The zero-order valence-corrected chi connectivity index (χ0v) is 12.9. The van der Waals surface area contributed by atoms with Gasteiger partial charge in [-0.1, -0.05) is 23.7 Å². The lowest BCUT2D eigenvalue weighted by Gasteiger charge is -2.45. The molecule has 1 heterocycles. The van der Waals surface area contributed by atoms with Gasteiger partial charge in [-0.25, -0.2) is 0 Å². The molecule has 1 aromatic rings. The number of nitrogens with zero attached hydrogens (tertiary/aromatic N) is 1. The third-order valence-electron chi connectivity index (χ3n) is 4.61. The summed E-state index contributed by atoms with van der Waals surface area (Å²) < 4.78 is 5.26. The van der Waals surface area contributed by atoms with Gasteiger partial charge in [0.25, 0.3) is 0 Å². The highest BCUT2D eigenvalue weighted by molar-refractivity contribution is 6.31. The van der Waals surface area contributed by atoms with E-state index in [1.807, 2.05) is 30.0 Å². The molecule has 114 valence electrons. The standard InChI is InChI=1S/C16H20ClNO3/c1-11-13(3-2-4-14(11)17)16(20)9-12(10-16)15(19)18-5-7-21-8-6-18/h2-4,12,20H,5-10H2,1H3. The third-order valence-corrected chi connectivity index (χ3v) is 5.02. The molecule has 21 heavy (non-hydrogen) atoms. The number of ether oxygens (including phenoxy) is 1. The average molecular weight is 310 g/mol. The zero-order chi connectivity index (χ0) is 15.0. The minimum Gasteiger partial charge on any atom is -0.385 e. The van der Waals surface area contributed by atoms with Gasteiger partial charge in [-0.3, -0.25) is 4.79 Å². The molecule has 0 radical (unpaired) electrons.